The van der Waals surface area contributed by atoms with E-state index in [-0.39, 0.29) is 31.6 Å². The van der Waals surface area contributed by atoms with Gasteiger partial charge in [0.2, 0.25) is 0 Å². The number of nitriles is 1. The fourth-order valence-corrected chi connectivity index (χ4v) is 3.77. The van der Waals surface area contributed by atoms with Crippen molar-refractivity contribution in [3.63, 3.8) is 0 Å². The second-order valence-electron chi connectivity index (χ2n) is 8.10. The van der Waals surface area contributed by atoms with Gasteiger partial charge >= 0.3 is 6.09 Å². The third-order valence-electron chi connectivity index (χ3n) is 4.85. The minimum absolute atomic E-state index is 0.0491. The van der Waals surface area contributed by atoms with Crippen LogP contribution in [0.25, 0.3) is 0 Å². The van der Waals surface area contributed by atoms with Crippen molar-refractivity contribution in [3.05, 3.63) is 34.9 Å². The number of carbonyl (C=O) groups excluding carboxylic acids is 1. The highest BCUT2D eigenvalue weighted by molar-refractivity contribution is 5.69. The number of hydrogen-bond donors (Lipinski definition) is 1. The zero-order valence-electron chi connectivity index (χ0n) is 15.5. The predicted octanol–water partition coefficient (Wildman–Crippen LogP) is 2.82. The van der Waals surface area contributed by atoms with Crippen LogP contribution in [0.15, 0.2) is 12.1 Å². The highest BCUT2D eigenvalue weighted by Crippen LogP contribution is 2.42. The summed E-state index contributed by atoms with van der Waals surface area (Å²) >= 11 is 0. The SMILES string of the molecule is CC(C)(C)OC(=O)N1C2COCC1CC(O)(c1cc(F)c(C#N)c(F)c1)C2. The van der Waals surface area contributed by atoms with Crippen LogP contribution in [0.5, 0.6) is 0 Å². The molecule has 8 heteroatoms. The average molecular weight is 380 g/mol. The van der Waals surface area contributed by atoms with Gasteiger partial charge in [0, 0.05) is 12.8 Å². The number of hydrogen-bond acceptors (Lipinski definition) is 5. The molecule has 2 fully saturated rings. The van der Waals surface area contributed by atoms with Crippen LogP contribution in [-0.4, -0.2) is 47.0 Å². The molecule has 1 aromatic carbocycles. The summed E-state index contributed by atoms with van der Waals surface area (Å²) in [7, 11) is 0. The standard InChI is InChI=1S/C19H22F2N2O4/c1-18(2,3)27-17(24)23-12-6-19(25,7-13(23)10-26-9-12)11-4-15(20)14(8-22)16(21)5-11/h4-5,12-13,25H,6-7,9-10H2,1-3H3. The number of aliphatic hydroxyl groups is 1. The zero-order valence-corrected chi connectivity index (χ0v) is 15.5. The number of rotatable bonds is 1. The molecule has 0 aromatic heterocycles. The quantitative estimate of drug-likeness (QED) is 0.810. The van der Waals surface area contributed by atoms with Crippen molar-refractivity contribution in [1.29, 1.82) is 5.26 Å². The van der Waals surface area contributed by atoms with Gasteiger partial charge in [0.1, 0.15) is 28.9 Å². The Balaban J connectivity index is 1.90. The number of morpholine rings is 1. The van der Waals surface area contributed by atoms with E-state index >= 15 is 0 Å². The van der Waals surface area contributed by atoms with E-state index in [2.05, 4.69) is 0 Å². The molecule has 0 aliphatic carbocycles. The highest BCUT2D eigenvalue weighted by atomic mass is 19.1. The molecule has 0 saturated carbocycles. The molecule has 6 nitrogen and oxygen atoms in total. The Kier molecular flexibility index (Phi) is 4.87. The summed E-state index contributed by atoms with van der Waals surface area (Å²) in [6.07, 6.45) is -0.402. The Labute approximate surface area is 156 Å². The molecule has 1 amide bonds. The molecule has 0 radical (unpaired) electrons. The van der Waals surface area contributed by atoms with Crippen molar-refractivity contribution in [1.82, 2.24) is 4.90 Å². The van der Waals surface area contributed by atoms with Crippen LogP contribution in [0.1, 0.15) is 44.7 Å². The summed E-state index contributed by atoms with van der Waals surface area (Å²) in [4.78, 5) is 14.1. The van der Waals surface area contributed by atoms with E-state index in [1.807, 2.05) is 0 Å². The van der Waals surface area contributed by atoms with Crippen molar-refractivity contribution in [3.8, 4) is 6.07 Å². The van der Waals surface area contributed by atoms with Crippen molar-refractivity contribution in [2.24, 2.45) is 0 Å². The summed E-state index contributed by atoms with van der Waals surface area (Å²) in [5.41, 5.74) is -2.83. The van der Waals surface area contributed by atoms with Crippen molar-refractivity contribution >= 4 is 6.09 Å². The first-order valence-electron chi connectivity index (χ1n) is 8.75. The van der Waals surface area contributed by atoms with Crippen LogP contribution in [0.4, 0.5) is 13.6 Å². The maximum Gasteiger partial charge on any atom is 0.410 e. The maximum atomic E-state index is 14.0. The van der Waals surface area contributed by atoms with E-state index in [0.29, 0.717) is 0 Å². The van der Waals surface area contributed by atoms with Crippen LogP contribution < -0.4 is 0 Å². The van der Waals surface area contributed by atoms with Crippen LogP contribution in [0.2, 0.25) is 0 Å². The topological polar surface area (TPSA) is 82.8 Å². The first kappa shape index (κ1) is 19.5. The molecule has 2 aliphatic rings. The lowest BCUT2D eigenvalue weighted by Gasteiger charge is -2.51. The largest absolute Gasteiger partial charge is 0.444 e. The Morgan fingerprint density at radius 1 is 1.30 bits per heavy atom. The first-order chi connectivity index (χ1) is 12.5. The molecule has 2 heterocycles. The molecular weight excluding hydrogens is 358 g/mol. The molecule has 27 heavy (non-hydrogen) atoms. The minimum Gasteiger partial charge on any atom is -0.444 e. The van der Waals surface area contributed by atoms with E-state index in [0.717, 1.165) is 12.1 Å². The Hall–Kier alpha value is -2.24. The number of piperidine rings is 1. The predicted molar refractivity (Wildman–Crippen MR) is 90.7 cm³/mol. The average Bonchev–Trinajstić information content (AvgIpc) is 2.52. The molecular formula is C19H22F2N2O4. The third kappa shape index (κ3) is 3.75. The number of fused-ring (bicyclic) bond motifs is 2. The Morgan fingerprint density at radius 2 is 1.81 bits per heavy atom. The number of ether oxygens (including phenoxy) is 2. The van der Waals surface area contributed by atoms with Gasteiger partial charge in [-0.15, -0.1) is 0 Å². The lowest BCUT2D eigenvalue weighted by molar-refractivity contribution is -0.141. The minimum atomic E-state index is -1.53. The molecule has 2 saturated heterocycles. The van der Waals surface area contributed by atoms with Gasteiger partial charge in [0.15, 0.2) is 0 Å². The fourth-order valence-electron chi connectivity index (χ4n) is 3.77. The summed E-state index contributed by atoms with van der Waals surface area (Å²) in [5.74, 6) is -2.03. The van der Waals surface area contributed by atoms with Crippen molar-refractivity contribution < 1.29 is 28.2 Å². The number of amides is 1. The second kappa shape index (κ2) is 6.73. The molecule has 146 valence electrons. The number of benzene rings is 1. The molecule has 2 bridgehead atoms. The van der Waals surface area contributed by atoms with E-state index < -0.39 is 46.6 Å². The van der Waals surface area contributed by atoms with E-state index in [4.69, 9.17) is 14.7 Å². The number of nitrogens with zero attached hydrogens (tertiary/aromatic N) is 2. The lowest BCUT2D eigenvalue weighted by atomic mass is 9.76. The monoisotopic (exact) mass is 380 g/mol. The van der Waals surface area contributed by atoms with Gasteiger partial charge in [-0.3, -0.25) is 4.90 Å². The van der Waals surface area contributed by atoms with Crippen molar-refractivity contribution in [2.75, 3.05) is 13.2 Å². The van der Waals surface area contributed by atoms with Crippen LogP contribution in [0.3, 0.4) is 0 Å². The van der Waals surface area contributed by atoms with E-state index in [1.54, 1.807) is 25.7 Å². The molecule has 1 aromatic rings. The number of carbonyl (C=O) groups is 1. The molecule has 2 atom stereocenters. The van der Waals surface area contributed by atoms with Gasteiger partial charge in [-0.2, -0.15) is 5.26 Å². The summed E-state index contributed by atoms with van der Waals surface area (Å²) in [5, 5.41) is 20.0. The maximum absolute atomic E-state index is 14.0. The lowest BCUT2D eigenvalue weighted by Crippen LogP contribution is -2.63. The van der Waals surface area contributed by atoms with E-state index in [1.165, 1.54) is 6.07 Å². The first-order valence-corrected chi connectivity index (χ1v) is 8.75. The summed E-state index contributed by atoms with van der Waals surface area (Å²) in [6, 6.07) is 2.47. The Morgan fingerprint density at radius 3 is 2.26 bits per heavy atom. The molecule has 3 rings (SSSR count). The van der Waals surface area contributed by atoms with Crippen molar-refractivity contribution in [2.45, 2.75) is 56.9 Å². The number of halogens is 2. The van der Waals surface area contributed by atoms with Gasteiger partial charge in [-0.1, -0.05) is 0 Å². The van der Waals surface area contributed by atoms with E-state index in [9.17, 15) is 18.7 Å². The fraction of sp³-hybridized carbons (Fsp3) is 0.579. The molecule has 2 aliphatic heterocycles. The molecule has 1 N–H and O–H groups in total. The zero-order chi connectivity index (χ0) is 20.0. The Bertz CT molecular complexity index is 763. The van der Waals surface area contributed by atoms with Gasteiger partial charge < -0.3 is 14.6 Å². The normalized spacial score (nSPS) is 27.8. The van der Waals surface area contributed by atoms with Gasteiger partial charge in [-0.25, -0.2) is 13.6 Å². The second-order valence-corrected chi connectivity index (χ2v) is 8.10. The molecule has 2 unspecified atom stereocenters. The third-order valence-corrected chi connectivity index (χ3v) is 4.85. The smallest absolute Gasteiger partial charge is 0.410 e. The van der Waals surface area contributed by atoms with Crippen LogP contribution in [-0.2, 0) is 15.1 Å². The van der Waals surface area contributed by atoms with Crippen LogP contribution in [0, 0.1) is 23.0 Å². The summed E-state index contributed by atoms with van der Waals surface area (Å²) in [6.45, 7) is 5.68. The summed E-state index contributed by atoms with van der Waals surface area (Å²) < 4.78 is 39.0. The highest BCUT2D eigenvalue weighted by Gasteiger charge is 2.50. The van der Waals surface area contributed by atoms with Crippen LogP contribution >= 0.6 is 0 Å². The van der Waals surface area contributed by atoms with Gasteiger partial charge in [-0.05, 0) is 38.5 Å². The molecule has 0 spiro atoms. The van der Waals surface area contributed by atoms with Gasteiger partial charge in [0.25, 0.3) is 0 Å². The van der Waals surface area contributed by atoms with Gasteiger partial charge in [0.05, 0.1) is 30.9 Å².